The minimum absolute atomic E-state index is 0.574. The van der Waals surface area contributed by atoms with Crippen LogP contribution in [0.15, 0.2) is 36.4 Å². The Bertz CT molecular complexity index is 632. The van der Waals surface area contributed by atoms with Crippen LogP contribution in [0.2, 0.25) is 0 Å². The van der Waals surface area contributed by atoms with Crippen LogP contribution >= 0.6 is 0 Å². The number of hydrogen-bond donors (Lipinski definition) is 2. The third kappa shape index (κ3) is 4.35. The van der Waals surface area contributed by atoms with Crippen molar-refractivity contribution in [3.05, 3.63) is 53.6 Å². The molecule has 0 aliphatic carbocycles. The Balaban J connectivity index is 1.81. The smallest absolute Gasteiger partial charge is 0.160 e. The molecule has 0 amide bonds. The summed E-state index contributed by atoms with van der Waals surface area (Å²) >= 11 is 0. The molecule has 0 aliphatic heterocycles. The van der Waals surface area contributed by atoms with Gasteiger partial charge in [-0.3, -0.25) is 0 Å². The molecule has 0 saturated heterocycles. The number of rotatable bonds is 7. The fraction of sp³-hybridized carbons (Fsp3) is 0.294. The molecule has 0 heterocycles. The molecule has 0 unspecified atom stereocenters. The maximum absolute atomic E-state index is 13.1. The predicted molar refractivity (Wildman–Crippen MR) is 85.2 cm³/mol. The second kappa shape index (κ2) is 7.64. The number of nitrogens with one attached hydrogen (secondary N) is 1. The molecule has 3 N–H and O–H groups in total. The monoisotopic (exact) mass is 306 g/mol. The first kappa shape index (κ1) is 16.1. The molecule has 0 radical (unpaired) electrons. The molecule has 0 atom stereocenters. The minimum Gasteiger partial charge on any atom is -0.492 e. The first-order chi connectivity index (χ1) is 10.6. The van der Waals surface area contributed by atoms with Crippen molar-refractivity contribution < 1.29 is 13.5 Å². The predicted octanol–water partition coefficient (Wildman–Crippen LogP) is 3.99. The first-order valence-electron chi connectivity index (χ1n) is 7.30. The summed E-state index contributed by atoms with van der Waals surface area (Å²) in [5.41, 5.74) is 8.24. The van der Waals surface area contributed by atoms with Crippen molar-refractivity contribution in [1.82, 2.24) is 0 Å². The van der Waals surface area contributed by atoms with Gasteiger partial charge in [0, 0.05) is 12.2 Å². The van der Waals surface area contributed by atoms with E-state index in [1.807, 2.05) is 25.1 Å². The molecule has 5 heteroatoms. The lowest BCUT2D eigenvalue weighted by Crippen LogP contribution is -2.04. The molecule has 0 bridgehead atoms. The molecule has 2 rings (SSSR count). The van der Waals surface area contributed by atoms with E-state index in [9.17, 15) is 8.78 Å². The number of ether oxygens (including phenoxy) is 1. The van der Waals surface area contributed by atoms with Gasteiger partial charge in [-0.1, -0.05) is 6.07 Å². The normalized spacial score (nSPS) is 10.5. The van der Waals surface area contributed by atoms with E-state index in [4.69, 9.17) is 10.5 Å². The molecule has 22 heavy (non-hydrogen) atoms. The van der Waals surface area contributed by atoms with Gasteiger partial charge in [-0.25, -0.2) is 8.78 Å². The third-order valence-electron chi connectivity index (χ3n) is 3.26. The lowest BCUT2D eigenvalue weighted by Gasteiger charge is -2.10. The minimum atomic E-state index is -0.843. The SMILES string of the molecule is CCOc1ccc(CCCNc2ccc(F)c(F)c2)cc1N. The quantitative estimate of drug-likeness (QED) is 0.600. The second-order valence-corrected chi connectivity index (χ2v) is 4.96. The average molecular weight is 306 g/mol. The highest BCUT2D eigenvalue weighted by molar-refractivity contribution is 5.54. The van der Waals surface area contributed by atoms with Crippen molar-refractivity contribution in [3.8, 4) is 5.75 Å². The Labute approximate surface area is 129 Å². The average Bonchev–Trinajstić information content (AvgIpc) is 2.50. The van der Waals surface area contributed by atoms with Gasteiger partial charge in [0.15, 0.2) is 11.6 Å². The lowest BCUT2D eigenvalue weighted by molar-refractivity contribution is 0.342. The summed E-state index contributed by atoms with van der Waals surface area (Å²) in [5.74, 6) is -0.981. The number of hydrogen-bond acceptors (Lipinski definition) is 3. The first-order valence-corrected chi connectivity index (χ1v) is 7.30. The summed E-state index contributed by atoms with van der Waals surface area (Å²) in [7, 11) is 0. The topological polar surface area (TPSA) is 47.3 Å². The lowest BCUT2D eigenvalue weighted by atomic mass is 10.1. The summed E-state index contributed by atoms with van der Waals surface area (Å²) in [6, 6.07) is 9.56. The summed E-state index contributed by atoms with van der Waals surface area (Å²) in [4.78, 5) is 0. The van der Waals surface area contributed by atoms with Crippen LogP contribution in [0.3, 0.4) is 0 Å². The number of halogens is 2. The van der Waals surface area contributed by atoms with Crippen molar-refractivity contribution in [2.75, 3.05) is 24.2 Å². The summed E-state index contributed by atoms with van der Waals surface area (Å²) in [6.07, 6.45) is 1.69. The standard InChI is InChI=1S/C17H20F2N2O/c1-2-22-17-8-5-12(10-16(17)20)4-3-9-21-13-6-7-14(18)15(19)11-13/h5-8,10-11,21H,2-4,9,20H2,1H3. The van der Waals surface area contributed by atoms with Crippen LogP contribution in [0.4, 0.5) is 20.2 Å². The van der Waals surface area contributed by atoms with E-state index in [0.29, 0.717) is 30.3 Å². The van der Waals surface area contributed by atoms with E-state index < -0.39 is 11.6 Å². The van der Waals surface area contributed by atoms with Gasteiger partial charge in [-0.05, 0) is 55.7 Å². The molecule has 0 saturated carbocycles. The molecule has 0 fully saturated rings. The molecular formula is C17H20F2N2O. The molecule has 118 valence electrons. The fourth-order valence-corrected chi connectivity index (χ4v) is 2.17. The highest BCUT2D eigenvalue weighted by Gasteiger charge is 2.03. The van der Waals surface area contributed by atoms with E-state index in [1.165, 1.54) is 6.07 Å². The van der Waals surface area contributed by atoms with E-state index in [0.717, 1.165) is 30.5 Å². The van der Waals surface area contributed by atoms with Gasteiger partial charge in [0.05, 0.1) is 12.3 Å². The third-order valence-corrected chi connectivity index (χ3v) is 3.26. The zero-order valence-electron chi connectivity index (χ0n) is 12.5. The van der Waals surface area contributed by atoms with Gasteiger partial charge in [0.2, 0.25) is 0 Å². The van der Waals surface area contributed by atoms with E-state index in [-0.39, 0.29) is 0 Å². The molecule has 2 aromatic rings. The molecule has 0 spiro atoms. The van der Waals surface area contributed by atoms with Crippen molar-refractivity contribution in [1.29, 1.82) is 0 Å². The Hall–Kier alpha value is -2.30. The van der Waals surface area contributed by atoms with Crippen molar-refractivity contribution in [2.45, 2.75) is 19.8 Å². The van der Waals surface area contributed by atoms with Crippen molar-refractivity contribution in [2.24, 2.45) is 0 Å². The van der Waals surface area contributed by atoms with E-state index in [2.05, 4.69) is 5.32 Å². The highest BCUT2D eigenvalue weighted by atomic mass is 19.2. The van der Waals surface area contributed by atoms with Gasteiger partial charge < -0.3 is 15.8 Å². The zero-order chi connectivity index (χ0) is 15.9. The summed E-state index contributed by atoms with van der Waals surface area (Å²) in [5, 5.41) is 3.07. The fourth-order valence-electron chi connectivity index (χ4n) is 2.17. The van der Waals surface area contributed by atoms with Crippen molar-refractivity contribution >= 4 is 11.4 Å². The number of anilines is 2. The largest absolute Gasteiger partial charge is 0.492 e. The molecule has 3 nitrogen and oxygen atoms in total. The molecule has 0 aromatic heterocycles. The Kier molecular flexibility index (Phi) is 5.58. The van der Waals surface area contributed by atoms with Gasteiger partial charge in [-0.2, -0.15) is 0 Å². The summed E-state index contributed by atoms with van der Waals surface area (Å²) in [6.45, 7) is 3.16. The van der Waals surface area contributed by atoms with Crippen LogP contribution in [0.25, 0.3) is 0 Å². The number of nitrogens with two attached hydrogens (primary N) is 1. The van der Waals surface area contributed by atoms with E-state index >= 15 is 0 Å². The Morgan fingerprint density at radius 2 is 1.91 bits per heavy atom. The molecular weight excluding hydrogens is 286 g/mol. The van der Waals surface area contributed by atoms with Gasteiger partial charge in [0.1, 0.15) is 5.75 Å². The molecule has 0 aliphatic rings. The van der Waals surface area contributed by atoms with E-state index in [1.54, 1.807) is 0 Å². The maximum Gasteiger partial charge on any atom is 0.160 e. The molecule has 2 aromatic carbocycles. The zero-order valence-corrected chi connectivity index (χ0v) is 12.5. The van der Waals surface area contributed by atoms with Crippen LogP contribution < -0.4 is 15.8 Å². The van der Waals surface area contributed by atoms with Crippen LogP contribution in [0, 0.1) is 11.6 Å². The Morgan fingerprint density at radius 3 is 2.59 bits per heavy atom. The van der Waals surface area contributed by atoms with Crippen LogP contribution in [0.1, 0.15) is 18.9 Å². The second-order valence-electron chi connectivity index (χ2n) is 4.96. The summed E-state index contributed by atoms with van der Waals surface area (Å²) < 4.78 is 31.3. The van der Waals surface area contributed by atoms with Crippen molar-refractivity contribution in [3.63, 3.8) is 0 Å². The maximum atomic E-state index is 13.1. The van der Waals surface area contributed by atoms with Crippen LogP contribution in [0.5, 0.6) is 5.75 Å². The van der Waals surface area contributed by atoms with Crippen LogP contribution in [-0.2, 0) is 6.42 Å². The number of nitrogen functional groups attached to an aromatic ring is 1. The van der Waals surface area contributed by atoms with Crippen LogP contribution in [-0.4, -0.2) is 13.2 Å². The Morgan fingerprint density at radius 1 is 1.09 bits per heavy atom. The number of aryl methyl sites for hydroxylation is 1. The highest BCUT2D eigenvalue weighted by Crippen LogP contribution is 2.23. The van der Waals surface area contributed by atoms with Gasteiger partial charge in [-0.15, -0.1) is 0 Å². The van der Waals surface area contributed by atoms with Gasteiger partial charge in [0.25, 0.3) is 0 Å². The number of benzene rings is 2. The van der Waals surface area contributed by atoms with Gasteiger partial charge >= 0.3 is 0 Å².